The summed E-state index contributed by atoms with van der Waals surface area (Å²) in [7, 11) is -10.8. The highest BCUT2D eigenvalue weighted by Crippen LogP contribution is 2.66. The largest absolute Gasteiger partial charge is 0.488 e. The van der Waals surface area contributed by atoms with Crippen molar-refractivity contribution < 1.29 is 85.7 Å². The van der Waals surface area contributed by atoms with Gasteiger partial charge in [-0.1, -0.05) is 12.2 Å². The smallest absolute Gasteiger partial charge is 0.387 e. The van der Waals surface area contributed by atoms with Gasteiger partial charge in [0.2, 0.25) is 0 Å². The van der Waals surface area contributed by atoms with Crippen LogP contribution in [0.1, 0.15) is 12.5 Å². The molecule has 0 bridgehead atoms. The molecule has 334 valence electrons. The Hall–Kier alpha value is -1.51. The molecule has 4 aromatic rings. The van der Waals surface area contributed by atoms with Gasteiger partial charge in [-0.2, -0.15) is 28.7 Å². The number of aromatic nitrogens is 8. The number of aliphatic hydroxyl groups excluding tert-OH is 4. The van der Waals surface area contributed by atoms with E-state index in [0.717, 1.165) is 6.33 Å². The van der Waals surface area contributed by atoms with Crippen LogP contribution in [0.15, 0.2) is 25.3 Å². The van der Waals surface area contributed by atoms with Gasteiger partial charge in [-0.25, -0.2) is 47.9 Å². The van der Waals surface area contributed by atoms with Crippen LogP contribution in [0.25, 0.3) is 22.3 Å². The number of ether oxygens (including phenoxy) is 2. The number of phosphoric acid groups is 2. The summed E-state index contributed by atoms with van der Waals surface area (Å²) in [6, 6.07) is 0. The molecule has 4 aromatic heterocycles. The second-order valence-electron chi connectivity index (χ2n) is 11.3. The van der Waals surface area contributed by atoms with E-state index in [4.69, 9.17) is 35.6 Å². The van der Waals surface area contributed by atoms with Crippen LogP contribution in [0.3, 0.4) is 0 Å². The maximum atomic E-state index is 11.9. The number of thioether (sulfide) groups is 1. The summed E-state index contributed by atoms with van der Waals surface area (Å²) in [6.07, 6.45) is 0.120. The van der Waals surface area contributed by atoms with Crippen LogP contribution < -0.4 is 11.5 Å². The van der Waals surface area contributed by atoms with E-state index in [0.29, 0.717) is 11.2 Å². The normalized spacial score (nSPS) is 27.3. The lowest BCUT2D eigenvalue weighted by Crippen LogP contribution is -2.33. The van der Waals surface area contributed by atoms with Crippen molar-refractivity contribution in [3.63, 3.8) is 0 Å². The predicted octanol–water partition coefficient (Wildman–Crippen LogP) is -0.913. The Bertz CT molecular complexity index is 2200. The van der Waals surface area contributed by atoms with Gasteiger partial charge in [0.05, 0.1) is 25.9 Å². The molecule has 2 aliphatic rings. The average molecular weight is 997 g/mol. The van der Waals surface area contributed by atoms with Crippen LogP contribution in [0, 0.1) is 0 Å². The Morgan fingerprint density at radius 2 is 1.10 bits per heavy atom. The van der Waals surface area contributed by atoms with E-state index in [-0.39, 0.29) is 22.8 Å². The van der Waals surface area contributed by atoms with Gasteiger partial charge in [-0.15, -0.1) is 0 Å². The number of imidazole rings is 2. The number of aliphatic hydroxyl groups is 4. The molecule has 59 heavy (non-hydrogen) atoms. The molecule has 6 rings (SSSR count). The van der Waals surface area contributed by atoms with E-state index in [2.05, 4.69) is 84.3 Å². The molecule has 2 aliphatic heterocycles. The molecule has 2 saturated heterocycles. The van der Waals surface area contributed by atoms with Gasteiger partial charge in [-0.05, 0) is 30.6 Å². The predicted molar refractivity (Wildman–Crippen MR) is 217 cm³/mol. The quantitative estimate of drug-likeness (QED) is 0.0603. The standard InChI is InChI=1S/C10H16N5O12P3S.C10H14N5O6PS.C2H6S.CH4S/c11-8-5-9(13-2-12-8)15(3-14-5)10-7(17)6(16)4(25-10)1-24-28(18,19)26-29(20,21)27-30(22,23)31;11-8-5-9(13-2-12-8)15(3-14-5)10-7(17)6(16)4(21-10)1-20-22(18,19)23;1-3-2;1-2/h2-4,6-7,10,16-17H,1H2,(H,18,19)(H,20,21)(H2,11,12,13)(H2,22,23,31);2-4,6-7,10,16-17H,1H2,(H2,11,12,13)(H2,18,19,23);1-2H3;2H,1H3. The van der Waals surface area contributed by atoms with E-state index in [9.17, 15) is 43.9 Å². The minimum atomic E-state index is -5.49. The number of hydrogen-bond donors (Lipinski definition) is 13. The fourth-order valence-corrected chi connectivity index (χ4v) is 9.28. The molecular weight excluding hydrogens is 956 g/mol. The molecule has 0 radical (unpaired) electrons. The maximum absolute atomic E-state index is 11.9. The van der Waals surface area contributed by atoms with Crippen LogP contribution in [0.4, 0.5) is 11.6 Å². The van der Waals surface area contributed by atoms with Crippen molar-refractivity contribution in [3.05, 3.63) is 25.3 Å². The number of nitrogens with zero attached hydrogens (tertiary/aromatic N) is 8. The highest BCUT2D eigenvalue weighted by atomic mass is 32.7. The molecule has 36 heteroatoms. The fourth-order valence-electron chi connectivity index (χ4n) is 4.95. The number of fused-ring (bicyclic) bond motifs is 2. The number of nitrogen functional groups attached to an aromatic ring is 2. The summed E-state index contributed by atoms with van der Waals surface area (Å²) >= 11 is 12.6. The Morgan fingerprint density at radius 1 is 0.712 bits per heavy atom. The van der Waals surface area contributed by atoms with Crippen LogP contribution in [-0.4, -0.2) is 153 Å². The minimum absolute atomic E-state index is 0.0574. The second-order valence-corrected chi connectivity index (χ2v) is 20.8. The van der Waals surface area contributed by atoms with Gasteiger partial charge >= 0.3 is 29.2 Å². The molecule has 2 fully saturated rings. The van der Waals surface area contributed by atoms with Gasteiger partial charge in [0, 0.05) is 0 Å². The first-order valence-electron chi connectivity index (χ1n) is 15.6. The zero-order chi connectivity index (χ0) is 44.7. The first-order valence-corrected chi connectivity index (χ1v) is 26.5. The first kappa shape index (κ1) is 51.8. The molecule has 0 amide bonds. The molecule has 11 unspecified atom stereocenters. The van der Waals surface area contributed by atoms with Crippen LogP contribution in [0.5, 0.6) is 0 Å². The third kappa shape index (κ3) is 14.3. The summed E-state index contributed by atoms with van der Waals surface area (Å²) in [5.74, 6) is 0.222. The van der Waals surface area contributed by atoms with Crippen molar-refractivity contribution in [2.75, 3.05) is 43.4 Å². The van der Waals surface area contributed by atoms with Gasteiger partial charge < -0.3 is 65.8 Å². The average Bonchev–Trinajstić information content (AvgIpc) is 3.88. The molecule has 6 heterocycles. The Labute approximate surface area is 352 Å². The molecule has 0 aliphatic carbocycles. The van der Waals surface area contributed by atoms with Gasteiger partial charge in [0.25, 0.3) is 0 Å². The van der Waals surface area contributed by atoms with Crippen molar-refractivity contribution in [1.82, 2.24) is 39.0 Å². The zero-order valence-corrected chi connectivity index (χ0v) is 37.3. The molecule has 0 aromatic carbocycles. The summed E-state index contributed by atoms with van der Waals surface area (Å²) in [5.41, 5.74) is 12.4. The molecule has 0 saturated carbocycles. The molecular formula is C23H40N10O18P4S4. The Balaban J connectivity index is 0.000000294. The number of anilines is 2. The molecule has 13 N–H and O–H groups in total. The van der Waals surface area contributed by atoms with Crippen molar-refractivity contribution in [3.8, 4) is 0 Å². The van der Waals surface area contributed by atoms with Crippen molar-refractivity contribution in [2.45, 2.75) is 49.1 Å². The van der Waals surface area contributed by atoms with Crippen LogP contribution >= 0.6 is 65.8 Å². The van der Waals surface area contributed by atoms with E-state index in [1.54, 1.807) is 18.0 Å². The highest BCUT2D eigenvalue weighted by molar-refractivity contribution is 8.44. The number of nitrogens with two attached hydrogens (primary N) is 2. The monoisotopic (exact) mass is 996 g/mol. The summed E-state index contributed by atoms with van der Waals surface area (Å²) in [6.45, 7) is -10.1. The topological polar surface area (TPSA) is 428 Å². The highest BCUT2D eigenvalue weighted by Gasteiger charge is 2.47. The lowest BCUT2D eigenvalue weighted by atomic mass is 10.1. The van der Waals surface area contributed by atoms with E-state index in [1.807, 2.05) is 12.5 Å². The molecule has 0 spiro atoms. The first-order chi connectivity index (χ1) is 27.4. The van der Waals surface area contributed by atoms with Gasteiger partial charge in [0.15, 0.2) is 35.4 Å². The number of hydrogen-bond acceptors (Lipinski definition) is 24. The lowest BCUT2D eigenvalue weighted by molar-refractivity contribution is -0.0503. The van der Waals surface area contributed by atoms with Crippen molar-refractivity contribution in [2.24, 2.45) is 0 Å². The summed E-state index contributed by atoms with van der Waals surface area (Å²) in [5, 5.41) is 40.6. The van der Waals surface area contributed by atoms with E-state index >= 15 is 0 Å². The van der Waals surface area contributed by atoms with E-state index < -0.39 is 91.5 Å². The Kier molecular flexibility index (Phi) is 19.1. The maximum Gasteiger partial charge on any atom is 0.488 e. The van der Waals surface area contributed by atoms with Crippen molar-refractivity contribution in [1.29, 1.82) is 0 Å². The third-order valence-corrected chi connectivity index (χ3v) is 12.5. The third-order valence-electron chi connectivity index (χ3n) is 7.22. The molecule has 11 atom stereocenters. The van der Waals surface area contributed by atoms with Crippen molar-refractivity contribution >= 4 is 112 Å². The fraction of sp³-hybridized carbons (Fsp3) is 0.565. The summed E-state index contributed by atoms with van der Waals surface area (Å²) in [4.78, 5) is 69.1. The number of thiol groups is 2. The zero-order valence-electron chi connectivity index (χ0n) is 30.3. The lowest BCUT2D eigenvalue weighted by Gasteiger charge is -2.19. The number of phosphoric ester groups is 1. The minimum Gasteiger partial charge on any atom is -0.387 e. The van der Waals surface area contributed by atoms with Crippen LogP contribution in [-0.2, 0) is 52.6 Å². The van der Waals surface area contributed by atoms with Crippen LogP contribution in [0.2, 0.25) is 0 Å². The van der Waals surface area contributed by atoms with Gasteiger partial charge in [0.1, 0.15) is 60.3 Å². The summed E-state index contributed by atoms with van der Waals surface area (Å²) < 4.78 is 64.7. The number of rotatable bonds is 12. The second kappa shape index (κ2) is 21.7. The van der Waals surface area contributed by atoms with Gasteiger partial charge in [-0.3, -0.25) is 18.2 Å². The Morgan fingerprint density at radius 3 is 1.47 bits per heavy atom. The van der Waals surface area contributed by atoms with E-state index in [1.165, 1.54) is 28.1 Å². The molecule has 28 nitrogen and oxygen atoms in total. The SMILES string of the molecule is CS.CSC.Nc1ncnc2c1ncn2C1OC(COP(=O)(O)OP(=O)(O)OP(O)(O)=S)C(O)C1O.Nc1ncnc2c1ncn2C1OC(COP(=O)(O)S)C(O)C1O.